The maximum absolute atomic E-state index is 12.2. The van der Waals surface area contributed by atoms with Gasteiger partial charge in [-0.3, -0.25) is 4.79 Å². The summed E-state index contributed by atoms with van der Waals surface area (Å²) in [6.07, 6.45) is 1.22. The van der Waals surface area contributed by atoms with Gasteiger partial charge >= 0.3 is 0 Å². The summed E-state index contributed by atoms with van der Waals surface area (Å²) in [5.74, 6) is 0.804. The number of anilines is 1. The van der Waals surface area contributed by atoms with Crippen molar-refractivity contribution in [3.8, 4) is 5.69 Å². The molecule has 0 saturated heterocycles. The van der Waals surface area contributed by atoms with Gasteiger partial charge in [0.1, 0.15) is 0 Å². The molecule has 6 nitrogen and oxygen atoms in total. The van der Waals surface area contributed by atoms with Gasteiger partial charge in [0.05, 0.1) is 5.69 Å². The van der Waals surface area contributed by atoms with Crippen molar-refractivity contribution in [1.29, 1.82) is 0 Å². The zero-order valence-electron chi connectivity index (χ0n) is 15.8. The number of hydrogen-bond acceptors (Lipinski definition) is 5. The monoisotopic (exact) mass is 381 g/mol. The van der Waals surface area contributed by atoms with Crippen LogP contribution in [0.4, 0.5) is 5.69 Å². The van der Waals surface area contributed by atoms with E-state index in [-0.39, 0.29) is 5.91 Å². The number of carbonyl (C=O) groups is 1. The van der Waals surface area contributed by atoms with Gasteiger partial charge in [-0.05, 0) is 66.4 Å². The van der Waals surface area contributed by atoms with Gasteiger partial charge < -0.3 is 5.32 Å². The highest BCUT2D eigenvalue weighted by molar-refractivity contribution is 7.99. The molecule has 0 aliphatic heterocycles. The second kappa shape index (κ2) is 8.81. The first-order valence-electron chi connectivity index (χ1n) is 8.89. The molecule has 2 aromatic carbocycles. The van der Waals surface area contributed by atoms with Crippen molar-refractivity contribution in [2.24, 2.45) is 0 Å². The number of thioether (sulfide) groups is 1. The van der Waals surface area contributed by atoms with Crippen LogP contribution < -0.4 is 5.32 Å². The predicted octanol–water partition coefficient (Wildman–Crippen LogP) is 4.10. The lowest BCUT2D eigenvalue weighted by molar-refractivity contribution is -0.116. The fourth-order valence-electron chi connectivity index (χ4n) is 2.80. The molecule has 0 saturated carbocycles. The number of carbonyl (C=O) groups excluding carboxylic acids is 1. The van der Waals surface area contributed by atoms with Crippen molar-refractivity contribution in [3.05, 3.63) is 59.2 Å². The van der Waals surface area contributed by atoms with E-state index in [0.717, 1.165) is 45.4 Å². The number of benzene rings is 2. The molecule has 0 bridgehead atoms. The third-order valence-electron chi connectivity index (χ3n) is 4.21. The Labute approximate surface area is 163 Å². The number of nitrogens with zero attached hydrogens (tertiary/aromatic N) is 4. The lowest BCUT2D eigenvalue weighted by Gasteiger charge is -2.11. The summed E-state index contributed by atoms with van der Waals surface area (Å²) >= 11 is 1.56. The van der Waals surface area contributed by atoms with Crippen LogP contribution in [0.5, 0.6) is 0 Å². The van der Waals surface area contributed by atoms with E-state index in [1.54, 1.807) is 16.4 Å². The molecule has 27 heavy (non-hydrogen) atoms. The van der Waals surface area contributed by atoms with E-state index < -0.39 is 0 Å². The molecule has 0 aliphatic rings. The van der Waals surface area contributed by atoms with Gasteiger partial charge in [-0.2, -0.15) is 4.68 Å². The summed E-state index contributed by atoms with van der Waals surface area (Å²) in [5.41, 5.74) is 5.17. The molecule has 0 spiro atoms. The Kier molecular flexibility index (Phi) is 6.24. The Morgan fingerprint density at radius 1 is 1.11 bits per heavy atom. The number of nitrogens with one attached hydrogen (secondary N) is 1. The van der Waals surface area contributed by atoms with Crippen molar-refractivity contribution < 1.29 is 4.79 Å². The molecule has 0 unspecified atom stereocenters. The minimum atomic E-state index is 0.0336. The third-order valence-corrected chi connectivity index (χ3v) is 5.22. The maximum atomic E-state index is 12.2. The van der Waals surface area contributed by atoms with Crippen LogP contribution >= 0.6 is 11.8 Å². The second-order valence-corrected chi connectivity index (χ2v) is 7.54. The number of rotatable bonds is 7. The SMILES string of the molecule is Cc1cccc(-n2nnnc2SCCCC(=O)Nc2c(C)cccc2C)c1. The Balaban J connectivity index is 1.51. The lowest BCUT2D eigenvalue weighted by Crippen LogP contribution is -2.13. The number of para-hydroxylation sites is 1. The number of aryl methyl sites for hydroxylation is 3. The Morgan fingerprint density at radius 2 is 1.85 bits per heavy atom. The Morgan fingerprint density at radius 3 is 2.59 bits per heavy atom. The molecule has 1 aromatic heterocycles. The summed E-state index contributed by atoms with van der Waals surface area (Å²) in [5, 5.41) is 15.7. The minimum absolute atomic E-state index is 0.0336. The normalized spacial score (nSPS) is 10.8. The molecule has 0 atom stereocenters. The van der Waals surface area contributed by atoms with E-state index in [0.29, 0.717) is 6.42 Å². The van der Waals surface area contributed by atoms with Crippen LogP contribution in [0.25, 0.3) is 5.69 Å². The fourth-order valence-corrected chi connectivity index (χ4v) is 3.63. The first-order valence-corrected chi connectivity index (χ1v) is 9.87. The van der Waals surface area contributed by atoms with Crippen molar-refractivity contribution in [2.75, 3.05) is 11.1 Å². The number of hydrogen-bond donors (Lipinski definition) is 1. The van der Waals surface area contributed by atoms with Crippen molar-refractivity contribution in [3.63, 3.8) is 0 Å². The summed E-state index contributed by atoms with van der Waals surface area (Å²) < 4.78 is 1.73. The van der Waals surface area contributed by atoms with Gasteiger partial charge in [0.25, 0.3) is 0 Å². The molecule has 140 valence electrons. The predicted molar refractivity (Wildman–Crippen MR) is 108 cm³/mol. The van der Waals surface area contributed by atoms with Crippen LogP contribution in [0.1, 0.15) is 29.5 Å². The Bertz CT molecular complexity index is 917. The van der Waals surface area contributed by atoms with Crippen molar-refractivity contribution >= 4 is 23.4 Å². The van der Waals surface area contributed by atoms with Gasteiger partial charge in [0, 0.05) is 17.9 Å². The second-order valence-electron chi connectivity index (χ2n) is 6.48. The van der Waals surface area contributed by atoms with E-state index in [9.17, 15) is 4.79 Å². The summed E-state index contributed by atoms with van der Waals surface area (Å²) in [7, 11) is 0. The summed E-state index contributed by atoms with van der Waals surface area (Å²) in [4.78, 5) is 12.2. The number of tetrazole rings is 1. The molecule has 0 radical (unpaired) electrons. The summed E-state index contributed by atoms with van der Waals surface area (Å²) in [6, 6.07) is 14.0. The van der Waals surface area contributed by atoms with Gasteiger partial charge in [-0.1, -0.05) is 42.1 Å². The van der Waals surface area contributed by atoms with E-state index in [4.69, 9.17) is 0 Å². The smallest absolute Gasteiger partial charge is 0.224 e. The molecule has 1 N–H and O–H groups in total. The van der Waals surface area contributed by atoms with E-state index in [2.05, 4.69) is 20.8 Å². The standard InChI is InChI=1S/C20H23N5OS/c1-14-7-4-10-17(13-14)25-20(22-23-24-25)27-12-6-11-18(26)21-19-15(2)8-5-9-16(19)3/h4-5,7-10,13H,6,11-12H2,1-3H3,(H,21,26). The largest absolute Gasteiger partial charge is 0.326 e. The Hall–Kier alpha value is -2.67. The lowest BCUT2D eigenvalue weighted by atomic mass is 10.1. The minimum Gasteiger partial charge on any atom is -0.326 e. The van der Waals surface area contributed by atoms with Gasteiger partial charge in [0.2, 0.25) is 11.1 Å². The molecular weight excluding hydrogens is 358 g/mol. The molecule has 3 rings (SSSR count). The van der Waals surface area contributed by atoms with Crippen LogP contribution in [0.15, 0.2) is 47.6 Å². The quantitative estimate of drug-likeness (QED) is 0.493. The van der Waals surface area contributed by atoms with E-state index in [1.165, 1.54) is 0 Å². The maximum Gasteiger partial charge on any atom is 0.224 e. The fraction of sp³-hybridized carbons (Fsp3) is 0.300. The van der Waals surface area contributed by atoms with Crippen LogP contribution in [0, 0.1) is 20.8 Å². The van der Waals surface area contributed by atoms with Crippen LogP contribution in [0.3, 0.4) is 0 Å². The molecule has 1 heterocycles. The van der Waals surface area contributed by atoms with E-state index >= 15 is 0 Å². The van der Waals surface area contributed by atoms with Crippen molar-refractivity contribution in [2.45, 2.75) is 38.8 Å². The topological polar surface area (TPSA) is 72.7 Å². The summed E-state index contributed by atoms with van der Waals surface area (Å²) in [6.45, 7) is 6.04. The first-order chi connectivity index (χ1) is 13.0. The molecule has 3 aromatic rings. The first kappa shape index (κ1) is 19.1. The molecule has 0 fully saturated rings. The zero-order valence-corrected chi connectivity index (χ0v) is 16.6. The average molecular weight is 382 g/mol. The van der Waals surface area contributed by atoms with Gasteiger partial charge in [-0.25, -0.2) is 0 Å². The zero-order chi connectivity index (χ0) is 19.2. The van der Waals surface area contributed by atoms with Crippen molar-refractivity contribution in [1.82, 2.24) is 20.2 Å². The average Bonchev–Trinajstić information content (AvgIpc) is 3.10. The van der Waals surface area contributed by atoms with Gasteiger partial charge in [-0.15, -0.1) is 5.10 Å². The highest BCUT2D eigenvalue weighted by Gasteiger charge is 2.10. The number of aromatic nitrogens is 4. The molecule has 7 heteroatoms. The van der Waals surface area contributed by atoms with Gasteiger partial charge in [0.15, 0.2) is 0 Å². The van der Waals surface area contributed by atoms with E-state index in [1.807, 2.05) is 63.2 Å². The van der Waals surface area contributed by atoms with Crippen LogP contribution in [-0.4, -0.2) is 31.9 Å². The molecule has 0 aliphatic carbocycles. The van der Waals surface area contributed by atoms with Crippen LogP contribution in [-0.2, 0) is 4.79 Å². The van der Waals surface area contributed by atoms with Crippen LogP contribution in [0.2, 0.25) is 0 Å². The third kappa shape index (κ3) is 4.95. The highest BCUT2D eigenvalue weighted by Crippen LogP contribution is 2.22. The highest BCUT2D eigenvalue weighted by atomic mass is 32.2. The molecular formula is C20H23N5OS. The molecule has 1 amide bonds. The number of amides is 1.